The second-order valence-electron chi connectivity index (χ2n) is 7.55. The molecule has 2 aliphatic carbocycles. The Bertz CT molecular complexity index is 790. The van der Waals surface area contributed by atoms with E-state index in [0.717, 1.165) is 24.9 Å². The molecule has 5 atom stereocenters. The number of piperidine rings is 1. The number of carbonyl (C=O) groups excluding carboxylic acids is 1. The van der Waals surface area contributed by atoms with E-state index in [1.165, 1.54) is 5.56 Å². The van der Waals surface area contributed by atoms with E-state index >= 15 is 0 Å². The Kier molecular flexibility index (Phi) is 3.04. The maximum atomic E-state index is 11.7. The fourth-order valence-electron chi connectivity index (χ4n) is 5.51. The molecule has 0 radical (unpaired) electrons. The zero-order chi connectivity index (χ0) is 17.3. The number of nitrogens with zero attached hydrogens (tertiary/aromatic N) is 1. The fourth-order valence-corrected chi connectivity index (χ4v) is 5.51. The van der Waals surface area contributed by atoms with Crippen LogP contribution in [0.3, 0.4) is 0 Å². The minimum atomic E-state index is -0.659. The monoisotopic (exact) mass is 343 g/mol. The van der Waals surface area contributed by atoms with E-state index in [1.807, 2.05) is 12.1 Å². The zero-order valence-corrected chi connectivity index (χ0v) is 14.0. The van der Waals surface area contributed by atoms with E-state index < -0.39 is 18.7 Å². The first kappa shape index (κ1) is 15.2. The average molecular weight is 343 g/mol. The summed E-state index contributed by atoms with van der Waals surface area (Å²) in [5.41, 5.74) is 2.03. The molecule has 2 N–H and O–H groups in total. The number of benzene rings is 1. The van der Waals surface area contributed by atoms with Gasteiger partial charge in [0.15, 0.2) is 17.6 Å². The van der Waals surface area contributed by atoms with Crippen LogP contribution >= 0.6 is 0 Å². The highest BCUT2D eigenvalue weighted by molar-refractivity contribution is 5.71. The number of likely N-dealkylation sites (N-methyl/N-ethyl adjacent to an activating group) is 1. The van der Waals surface area contributed by atoms with Crippen LogP contribution in [0.5, 0.6) is 11.5 Å². The molecule has 5 rings (SSSR count). The normalized spacial score (nSPS) is 37.4. The third kappa shape index (κ3) is 1.79. The van der Waals surface area contributed by atoms with Crippen LogP contribution in [0.1, 0.15) is 17.5 Å². The summed E-state index contributed by atoms with van der Waals surface area (Å²) >= 11 is 0. The predicted octanol–water partition coefficient (Wildman–Crippen LogP) is 0.741. The topological polar surface area (TPSA) is 79.2 Å². The van der Waals surface area contributed by atoms with Gasteiger partial charge in [0.25, 0.3) is 0 Å². The number of esters is 1. The highest BCUT2D eigenvalue weighted by Crippen LogP contribution is 2.62. The molecule has 4 aliphatic rings. The third-order valence-corrected chi connectivity index (χ3v) is 6.53. The van der Waals surface area contributed by atoms with Gasteiger partial charge in [-0.15, -0.1) is 0 Å². The lowest BCUT2D eigenvalue weighted by Gasteiger charge is -2.56. The van der Waals surface area contributed by atoms with Crippen LogP contribution in [0.4, 0.5) is 0 Å². The van der Waals surface area contributed by atoms with E-state index in [1.54, 1.807) is 6.07 Å². The quantitative estimate of drug-likeness (QED) is 0.609. The lowest BCUT2D eigenvalue weighted by Crippen LogP contribution is -2.65. The summed E-state index contributed by atoms with van der Waals surface area (Å²) < 4.78 is 11.7. The highest BCUT2D eigenvalue weighted by atomic mass is 16.6. The van der Waals surface area contributed by atoms with Crippen molar-refractivity contribution >= 4 is 5.97 Å². The second kappa shape index (κ2) is 4.99. The summed E-state index contributed by atoms with van der Waals surface area (Å²) in [6.45, 7) is 0.284. The molecule has 2 heterocycles. The van der Waals surface area contributed by atoms with Crippen LogP contribution in [0.25, 0.3) is 0 Å². The number of rotatable bonds is 2. The van der Waals surface area contributed by atoms with Crippen molar-refractivity contribution in [3.05, 3.63) is 35.4 Å². The fraction of sp³-hybridized carbons (Fsp3) is 0.526. The number of phenols is 1. The van der Waals surface area contributed by atoms with Gasteiger partial charge < -0.3 is 24.6 Å². The highest BCUT2D eigenvalue weighted by Gasteiger charge is 2.65. The summed E-state index contributed by atoms with van der Waals surface area (Å²) in [7, 11) is 2.15. The number of carbonyl (C=O) groups is 1. The van der Waals surface area contributed by atoms with Gasteiger partial charge in [0, 0.05) is 22.9 Å². The van der Waals surface area contributed by atoms with Crippen molar-refractivity contribution < 1.29 is 24.5 Å². The first-order valence-electron chi connectivity index (χ1n) is 8.77. The molecule has 1 fully saturated rings. The summed E-state index contributed by atoms with van der Waals surface area (Å²) in [6.07, 6.45) is 4.93. The van der Waals surface area contributed by atoms with E-state index in [9.17, 15) is 9.90 Å². The van der Waals surface area contributed by atoms with Gasteiger partial charge in [0.1, 0.15) is 12.7 Å². The maximum Gasteiger partial charge on any atom is 0.332 e. The number of aromatic hydroxyl groups is 1. The molecule has 0 amide bonds. The van der Waals surface area contributed by atoms with Crippen molar-refractivity contribution in [2.75, 3.05) is 20.2 Å². The van der Waals surface area contributed by atoms with E-state index in [0.29, 0.717) is 11.8 Å². The van der Waals surface area contributed by atoms with Crippen molar-refractivity contribution in [3.8, 4) is 11.5 Å². The minimum absolute atomic E-state index is 0.144. The number of hydrogen-bond donors (Lipinski definition) is 2. The van der Waals surface area contributed by atoms with Crippen molar-refractivity contribution in [3.63, 3.8) is 0 Å². The van der Waals surface area contributed by atoms with Crippen LogP contribution in [-0.4, -0.2) is 59.5 Å². The maximum absolute atomic E-state index is 11.7. The van der Waals surface area contributed by atoms with E-state index in [2.05, 4.69) is 18.0 Å². The Morgan fingerprint density at radius 2 is 2.28 bits per heavy atom. The molecule has 1 unspecified atom stereocenters. The standard InChI is InChI=1S/C19H21NO5/c1-20-7-6-19-11-3-5-14(24-15(23)9-21)18(19)25-17-13(22)4-2-10(16(17)19)8-12(11)20/h2-5,11-12,14,18,21-22H,6-9H2,1H3/t11-,12+,14?,18-,19-/m0/s1. The zero-order valence-electron chi connectivity index (χ0n) is 14.0. The van der Waals surface area contributed by atoms with Gasteiger partial charge in [-0.25, -0.2) is 4.79 Å². The molecule has 0 saturated carbocycles. The molecule has 2 bridgehead atoms. The minimum Gasteiger partial charge on any atom is -0.504 e. The van der Waals surface area contributed by atoms with Crippen LogP contribution in [-0.2, 0) is 21.4 Å². The van der Waals surface area contributed by atoms with Crippen LogP contribution < -0.4 is 4.74 Å². The predicted molar refractivity (Wildman–Crippen MR) is 88.5 cm³/mol. The molecular formula is C19H21NO5. The van der Waals surface area contributed by atoms with Gasteiger partial charge in [-0.05, 0) is 44.1 Å². The molecule has 132 valence electrons. The Balaban J connectivity index is 1.70. The van der Waals surface area contributed by atoms with Crippen LogP contribution in [0.15, 0.2) is 24.3 Å². The Hall–Kier alpha value is -2.05. The summed E-state index contributed by atoms with van der Waals surface area (Å²) in [4.78, 5) is 14.1. The molecule has 1 aromatic carbocycles. The number of likely N-dealkylation sites (tertiary alicyclic amines) is 1. The SMILES string of the molecule is CN1CC[C@]23c4c5ccc(O)c4O[C@H]2C(OC(=O)CO)C=C[C@H]3[C@H]1C5. The average Bonchev–Trinajstić information content (AvgIpc) is 2.96. The first-order chi connectivity index (χ1) is 12.1. The van der Waals surface area contributed by atoms with Crippen LogP contribution in [0, 0.1) is 5.92 Å². The molecule has 6 heteroatoms. The molecule has 1 saturated heterocycles. The lowest BCUT2D eigenvalue weighted by atomic mass is 9.53. The Labute approximate surface area is 145 Å². The number of ether oxygens (including phenoxy) is 2. The Morgan fingerprint density at radius 3 is 3.08 bits per heavy atom. The van der Waals surface area contributed by atoms with Crippen LogP contribution in [0.2, 0.25) is 0 Å². The summed E-state index contributed by atoms with van der Waals surface area (Å²) in [5.74, 6) is 0.291. The van der Waals surface area contributed by atoms with Crippen molar-refractivity contribution in [1.29, 1.82) is 0 Å². The van der Waals surface area contributed by atoms with Gasteiger partial charge in [-0.3, -0.25) is 0 Å². The Morgan fingerprint density at radius 1 is 1.44 bits per heavy atom. The summed E-state index contributed by atoms with van der Waals surface area (Å²) in [6, 6.07) is 4.06. The molecule has 0 aromatic heterocycles. The largest absolute Gasteiger partial charge is 0.504 e. The molecule has 1 aromatic rings. The number of aliphatic hydroxyl groups is 1. The molecule has 25 heavy (non-hydrogen) atoms. The van der Waals surface area contributed by atoms with Gasteiger partial charge >= 0.3 is 5.97 Å². The molecule has 6 nitrogen and oxygen atoms in total. The molecular weight excluding hydrogens is 322 g/mol. The number of hydrogen-bond acceptors (Lipinski definition) is 6. The van der Waals surface area contributed by atoms with E-state index in [4.69, 9.17) is 14.6 Å². The van der Waals surface area contributed by atoms with Crippen molar-refractivity contribution in [2.24, 2.45) is 5.92 Å². The van der Waals surface area contributed by atoms with Gasteiger partial charge in [0.2, 0.25) is 0 Å². The lowest BCUT2D eigenvalue weighted by molar-refractivity contribution is -0.158. The second-order valence-corrected chi connectivity index (χ2v) is 7.55. The summed E-state index contributed by atoms with van der Waals surface area (Å²) in [5, 5.41) is 19.4. The van der Waals surface area contributed by atoms with Crippen molar-refractivity contribution in [1.82, 2.24) is 4.90 Å². The molecule has 1 spiro atoms. The van der Waals surface area contributed by atoms with Gasteiger partial charge in [0.05, 0.1) is 0 Å². The third-order valence-electron chi connectivity index (χ3n) is 6.53. The first-order valence-corrected chi connectivity index (χ1v) is 8.77. The number of phenolic OH excluding ortho intramolecular Hbond substituents is 1. The van der Waals surface area contributed by atoms with Gasteiger partial charge in [-0.1, -0.05) is 12.1 Å². The van der Waals surface area contributed by atoms with E-state index in [-0.39, 0.29) is 23.2 Å². The molecule has 2 aliphatic heterocycles. The van der Waals surface area contributed by atoms with Crippen molar-refractivity contribution in [2.45, 2.75) is 36.5 Å². The number of aliphatic hydroxyl groups excluding tert-OH is 1. The smallest absolute Gasteiger partial charge is 0.332 e. The van der Waals surface area contributed by atoms with Gasteiger partial charge in [-0.2, -0.15) is 0 Å².